The van der Waals surface area contributed by atoms with E-state index in [0.29, 0.717) is 5.92 Å². The Balaban J connectivity index is 1.91. The Hall–Kier alpha value is -0.730. The molecule has 20 heavy (non-hydrogen) atoms. The van der Waals surface area contributed by atoms with Crippen LogP contribution >= 0.6 is 11.6 Å². The zero-order chi connectivity index (χ0) is 14.4. The molecule has 0 aliphatic heterocycles. The largest absolute Gasteiger partial charge is 0.493 e. The van der Waals surface area contributed by atoms with Crippen LogP contribution in [0, 0.1) is 11.8 Å². The third kappa shape index (κ3) is 4.99. The van der Waals surface area contributed by atoms with Crippen LogP contribution in [-0.4, -0.2) is 13.2 Å². The average Bonchev–Trinajstić information content (AvgIpc) is 2.90. The standard InChI is InChI=1S/C17H26ClNO/c1-13(2)10-19-11-15-9-16(18)7-8-17(15)20-12-14-5-3-4-6-14/h7-9,13-14,19H,3-6,10-12H2,1-2H3. The van der Waals surface area contributed by atoms with Gasteiger partial charge in [-0.1, -0.05) is 38.3 Å². The van der Waals surface area contributed by atoms with Crippen LogP contribution < -0.4 is 10.1 Å². The summed E-state index contributed by atoms with van der Waals surface area (Å²) in [4.78, 5) is 0. The van der Waals surface area contributed by atoms with Crippen LogP contribution in [0.4, 0.5) is 0 Å². The number of hydrogen-bond donors (Lipinski definition) is 1. The van der Waals surface area contributed by atoms with Crippen LogP contribution in [0.2, 0.25) is 5.02 Å². The quantitative estimate of drug-likeness (QED) is 0.790. The topological polar surface area (TPSA) is 21.3 Å². The van der Waals surface area contributed by atoms with Gasteiger partial charge in [0.05, 0.1) is 6.61 Å². The molecule has 0 unspecified atom stereocenters. The van der Waals surface area contributed by atoms with Gasteiger partial charge < -0.3 is 10.1 Å². The monoisotopic (exact) mass is 295 g/mol. The molecule has 1 aromatic carbocycles. The number of hydrogen-bond acceptors (Lipinski definition) is 2. The molecule has 0 aromatic heterocycles. The Kier molecular flexibility index (Phi) is 6.18. The molecule has 2 nitrogen and oxygen atoms in total. The van der Waals surface area contributed by atoms with E-state index >= 15 is 0 Å². The van der Waals surface area contributed by atoms with Crippen LogP contribution in [0.3, 0.4) is 0 Å². The van der Waals surface area contributed by atoms with E-state index in [1.807, 2.05) is 18.2 Å². The first-order valence-electron chi connectivity index (χ1n) is 7.77. The summed E-state index contributed by atoms with van der Waals surface area (Å²) in [5, 5.41) is 4.24. The molecule has 1 aromatic rings. The number of halogens is 1. The highest BCUT2D eigenvalue weighted by Gasteiger charge is 2.16. The highest BCUT2D eigenvalue weighted by atomic mass is 35.5. The lowest BCUT2D eigenvalue weighted by Gasteiger charge is -2.16. The van der Waals surface area contributed by atoms with Gasteiger partial charge in [-0.05, 0) is 49.4 Å². The summed E-state index contributed by atoms with van der Waals surface area (Å²) >= 11 is 6.10. The molecule has 0 radical (unpaired) electrons. The lowest BCUT2D eigenvalue weighted by Crippen LogP contribution is -2.19. The van der Waals surface area contributed by atoms with E-state index in [1.54, 1.807) is 0 Å². The summed E-state index contributed by atoms with van der Waals surface area (Å²) in [6.45, 7) is 7.09. The lowest BCUT2D eigenvalue weighted by atomic mass is 10.1. The molecule has 3 heteroatoms. The molecular formula is C17H26ClNO. The SMILES string of the molecule is CC(C)CNCc1cc(Cl)ccc1OCC1CCCC1. The van der Waals surface area contributed by atoms with Gasteiger partial charge in [0, 0.05) is 17.1 Å². The zero-order valence-electron chi connectivity index (χ0n) is 12.6. The Morgan fingerprint density at radius 2 is 2.05 bits per heavy atom. The molecule has 0 heterocycles. The van der Waals surface area contributed by atoms with Gasteiger partial charge in [-0.3, -0.25) is 0 Å². The second-order valence-corrected chi connectivity index (χ2v) is 6.67. The highest BCUT2D eigenvalue weighted by molar-refractivity contribution is 6.30. The van der Waals surface area contributed by atoms with Crippen LogP contribution in [0.25, 0.3) is 0 Å². The molecule has 1 saturated carbocycles. The first kappa shape index (κ1) is 15.7. The Morgan fingerprint density at radius 1 is 1.30 bits per heavy atom. The van der Waals surface area contributed by atoms with Crippen LogP contribution in [0.1, 0.15) is 45.1 Å². The fourth-order valence-electron chi connectivity index (χ4n) is 2.71. The molecule has 1 fully saturated rings. The van der Waals surface area contributed by atoms with E-state index in [9.17, 15) is 0 Å². The third-order valence-corrected chi connectivity index (χ3v) is 4.07. The molecule has 0 saturated heterocycles. The summed E-state index contributed by atoms with van der Waals surface area (Å²) in [6.07, 6.45) is 5.35. The van der Waals surface area contributed by atoms with Crippen molar-refractivity contribution in [3.63, 3.8) is 0 Å². The zero-order valence-corrected chi connectivity index (χ0v) is 13.4. The van der Waals surface area contributed by atoms with Crippen molar-refractivity contribution in [3.8, 4) is 5.75 Å². The molecular weight excluding hydrogens is 270 g/mol. The minimum Gasteiger partial charge on any atom is -0.493 e. The van der Waals surface area contributed by atoms with Crippen molar-refractivity contribution in [2.75, 3.05) is 13.2 Å². The van der Waals surface area contributed by atoms with Crippen molar-refractivity contribution in [2.45, 2.75) is 46.1 Å². The second-order valence-electron chi connectivity index (χ2n) is 6.24. The summed E-state index contributed by atoms with van der Waals surface area (Å²) in [7, 11) is 0. The van der Waals surface area contributed by atoms with Gasteiger partial charge in [-0.2, -0.15) is 0 Å². The molecule has 1 aliphatic rings. The van der Waals surface area contributed by atoms with Gasteiger partial charge in [0.2, 0.25) is 0 Å². The fraction of sp³-hybridized carbons (Fsp3) is 0.647. The predicted octanol–water partition coefficient (Wildman–Crippen LogP) is 4.65. The van der Waals surface area contributed by atoms with Gasteiger partial charge in [-0.25, -0.2) is 0 Å². The molecule has 0 spiro atoms. The maximum absolute atomic E-state index is 6.10. The molecule has 0 atom stereocenters. The van der Waals surface area contributed by atoms with Crippen LogP contribution in [-0.2, 0) is 6.54 Å². The minimum atomic E-state index is 0.650. The summed E-state index contributed by atoms with van der Waals surface area (Å²) in [6, 6.07) is 5.93. The van der Waals surface area contributed by atoms with E-state index in [-0.39, 0.29) is 0 Å². The van der Waals surface area contributed by atoms with Gasteiger partial charge >= 0.3 is 0 Å². The molecule has 1 N–H and O–H groups in total. The third-order valence-electron chi connectivity index (χ3n) is 3.84. The average molecular weight is 296 g/mol. The molecule has 0 bridgehead atoms. The minimum absolute atomic E-state index is 0.650. The van der Waals surface area contributed by atoms with Crippen molar-refractivity contribution in [1.29, 1.82) is 0 Å². The van der Waals surface area contributed by atoms with E-state index in [2.05, 4.69) is 19.2 Å². The van der Waals surface area contributed by atoms with Gasteiger partial charge in [0.25, 0.3) is 0 Å². The normalized spacial score (nSPS) is 16.0. The summed E-state index contributed by atoms with van der Waals surface area (Å²) in [5.41, 5.74) is 1.16. The number of ether oxygens (including phenoxy) is 1. The summed E-state index contributed by atoms with van der Waals surface area (Å²) in [5.74, 6) is 2.37. The van der Waals surface area contributed by atoms with Crippen LogP contribution in [0.5, 0.6) is 5.75 Å². The molecule has 1 aliphatic carbocycles. The van der Waals surface area contributed by atoms with E-state index in [4.69, 9.17) is 16.3 Å². The number of nitrogens with one attached hydrogen (secondary N) is 1. The number of benzene rings is 1. The molecule has 0 amide bonds. The van der Waals surface area contributed by atoms with Crippen molar-refractivity contribution < 1.29 is 4.74 Å². The van der Waals surface area contributed by atoms with Crippen molar-refractivity contribution in [1.82, 2.24) is 5.32 Å². The maximum Gasteiger partial charge on any atom is 0.123 e. The van der Waals surface area contributed by atoms with E-state index in [1.165, 1.54) is 25.7 Å². The van der Waals surface area contributed by atoms with Gasteiger partial charge in [-0.15, -0.1) is 0 Å². The molecule has 2 rings (SSSR count). The lowest BCUT2D eigenvalue weighted by molar-refractivity contribution is 0.249. The second kappa shape index (κ2) is 7.90. The van der Waals surface area contributed by atoms with E-state index in [0.717, 1.165) is 41.9 Å². The molecule has 112 valence electrons. The Bertz CT molecular complexity index is 413. The Morgan fingerprint density at radius 3 is 2.75 bits per heavy atom. The first-order valence-corrected chi connectivity index (χ1v) is 8.15. The van der Waals surface area contributed by atoms with Gasteiger partial charge in [0.15, 0.2) is 0 Å². The van der Waals surface area contributed by atoms with Crippen molar-refractivity contribution >= 4 is 11.6 Å². The fourth-order valence-corrected chi connectivity index (χ4v) is 2.90. The van der Waals surface area contributed by atoms with Gasteiger partial charge in [0.1, 0.15) is 5.75 Å². The van der Waals surface area contributed by atoms with Crippen molar-refractivity contribution in [2.24, 2.45) is 11.8 Å². The number of rotatable bonds is 7. The Labute approximate surface area is 127 Å². The highest BCUT2D eigenvalue weighted by Crippen LogP contribution is 2.28. The van der Waals surface area contributed by atoms with E-state index < -0.39 is 0 Å². The van der Waals surface area contributed by atoms with Crippen LogP contribution in [0.15, 0.2) is 18.2 Å². The summed E-state index contributed by atoms with van der Waals surface area (Å²) < 4.78 is 6.03. The van der Waals surface area contributed by atoms with Crippen molar-refractivity contribution in [3.05, 3.63) is 28.8 Å². The smallest absolute Gasteiger partial charge is 0.123 e. The predicted molar refractivity (Wildman–Crippen MR) is 85.4 cm³/mol. The first-order chi connectivity index (χ1) is 9.65. The maximum atomic E-state index is 6.10.